The molecule has 4 aromatic carbocycles. The molecule has 0 aliphatic carbocycles. The Bertz CT molecular complexity index is 1480. The highest BCUT2D eigenvalue weighted by Gasteiger charge is 2.23. The van der Waals surface area contributed by atoms with E-state index in [0.717, 1.165) is 5.56 Å². The maximum absolute atomic E-state index is 13.3. The zero-order valence-electron chi connectivity index (χ0n) is 20.6. The number of rotatable bonds is 9. The van der Waals surface area contributed by atoms with Crippen molar-refractivity contribution in [2.75, 3.05) is 5.32 Å². The number of benzene rings is 4. The van der Waals surface area contributed by atoms with Crippen molar-refractivity contribution in [1.82, 2.24) is 5.32 Å². The Morgan fingerprint density at radius 2 is 1.36 bits per heavy atom. The van der Waals surface area contributed by atoms with Crippen molar-refractivity contribution in [1.29, 1.82) is 0 Å². The molecule has 1 atom stereocenters. The average molecular weight is 559 g/mol. The third kappa shape index (κ3) is 7.35. The molecule has 2 amide bonds. The van der Waals surface area contributed by atoms with Crippen LogP contribution in [0.3, 0.4) is 0 Å². The van der Waals surface area contributed by atoms with Gasteiger partial charge in [0.05, 0.1) is 15.6 Å². The molecule has 0 aliphatic heterocycles. The minimum Gasteiger partial charge on any atom is -0.480 e. The summed E-state index contributed by atoms with van der Waals surface area (Å²) in [5, 5.41) is 15.7. The second-order valence-corrected chi connectivity index (χ2v) is 9.47. The molecule has 3 N–H and O–H groups in total. The number of hydrogen-bond acceptors (Lipinski definition) is 3. The monoisotopic (exact) mass is 558 g/mol. The first kappa shape index (κ1) is 27.6. The fourth-order valence-electron chi connectivity index (χ4n) is 3.92. The number of carbonyl (C=O) groups excluding carboxylic acids is 2. The number of carboxylic acids is 1. The predicted octanol–water partition coefficient (Wildman–Crippen LogP) is 6.60. The lowest BCUT2D eigenvalue weighted by Crippen LogP contribution is -2.42. The normalized spacial score (nSPS) is 11.9. The number of anilines is 1. The molecule has 0 fully saturated rings. The molecule has 0 heterocycles. The van der Waals surface area contributed by atoms with E-state index in [1.165, 1.54) is 0 Å². The van der Waals surface area contributed by atoms with E-state index in [-0.39, 0.29) is 22.0 Å². The van der Waals surface area contributed by atoms with Gasteiger partial charge < -0.3 is 15.7 Å². The lowest BCUT2D eigenvalue weighted by atomic mass is 10.0. The van der Waals surface area contributed by atoms with Gasteiger partial charge in [0.25, 0.3) is 11.8 Å². The van der Waals surface area contributed by atoms with Crippen LogP contribution in [-0.2, 0) is 16.0 Å². The van der Waals surface area contributed by atoms with Crippen molar-refractivity contribution in [3.05, 3.63) is 135 Å². The van der Waals surface area contributed by atoms with Crippen LogP contribution in [0, 0.1) is 0 Å². The van der Waals surface area contributed by atoms with Crippen LogP contribution in [0.15, 0.2) is 103 Å². The minimum atomic E-state index is -1.18. The topological polar surface area (TPSA) is 95.5 Å². The van der Waals surface area contributed by atoms with E-state index in [9.17, 15) is 19.5 Å². The summed E-state index contributed by atoms with van der Waals surface area (Å²) in [5.41, 5.74) is 3.13. The molecule has 0 bridgehead atoms. The van der Waals surface area contributed by atoms with Crippen LogP contribution in [0.4, 0.5) is 5.69 Å². The number of amides is 2. The molecule has 8 heteroatoms. The van der Waals surface area contributed by atoms with Crippen molar-refractivity contribution in [3.8, 4) is 0 Å². The molecule has 6 nitrogen and oxygen atoms in total. The molecule has 0 aliphatic rings. The quantitative estimate of drug-likeness (QED) is 0.159. The fraction of sp³-hybridized carbons (Fsp3) is 0.0645. The van der Waals surface area contributed by atoms with Crippen molar-refractivity contribution < 1.29 is 19.5 Å². The number of halogens is 2. The molecule has 4 aromatic rings. The molecule has 0 spiro atoms. The fourth-order valence-corrected chi connectivity index (χ4v) is 4.49. The third-order valence-electron chi connectivity index (χ3n) is 5.88. The van der Waals surface area contributed by atoms with E-state index in [2.05, 4.69) is 10.6 Å². The maximum Gasteiger partial charge on any atom is 0.326 e. The van der Waals surface area contributed by atoms with Gasteiger partial charge in [-0.2, -0.15) is 0 Å². The van der Waals surface area contributed by atoms with Crippen LogP contribution < -0.4 is 10.6 Å². The predicted molar refractivity (Wildman–Crippen MR) is 155 cm³/mol. The Kier molecular flexibility index (Phi) is 9.15. The molecule has 4 rings (SSSR count). The van der Waals surface area contributed by atoms with Crippen molar-refractivity contribution in [2.45, 2.75) is 12.5 Å². The van der Waals surface area contributed by atoms with Crippen molar-refractivity contribution in [2.24, 2.45) is 0 Å². The van der Waals surface area contributed by atoms with Crippen LogP contribution in [0.5, 0.6) is 0 Å². The highest BCUT2D eigenvalue weighted by atomic mass is 35.5. The van der Waals surface area contributed by atoms with Gasteiger partial charge in [-0.15, -0.1) is 0 Å². The lowest BCUT2D eigenvalue weighted by Gasteiger charge is -2.17. The molecule has 0 unspecified atom stereocenters. The van der Waals surface area contributed by atoms with Crippen molar-refractivity contribution >= 4 is 58.3 Å². The highest BCUT2D eigenvalue weighted by Crippen LogP contribution is 2.25. The molecule has 0 saturated heterocycles. The molecule has 39 heavy (non-hydrogen) atoms. The molecule has 196 valence electrons. The van der Waals surface area contributed by atoms with E-state index in [4.69, 9.17) is 23.2 Å². The third-order valence-corrected chi connectivity index (χ3v) is 6.51. The Morgan fingerprint density at radius 1 is 0.769 bits per heavy atom. The molecule has 0 radical (unpaired) electrons. The zero-order valence-corrected chi connectivity index (χ0v) is 22.1. The highest BCUT2D eigenvalue weighted by molar-refractivity contribution is 6.40. The lowest BCUT2D eigenvalue weighted by molar-refractivity contribution is -0.141. The van der Waals surface area contributed by atoms with E-state index in [0.29, 0.717) is 22.4 Å². The van der Waals surface area contributed by atoms with E-state index in [1.54, 1.807) is 60.7 Å². The van der Waals surface area contributed by atoms with Gasteiger partial charge in [0.2, 0.25) is 0 Å². The number of hydrogen-bond donors (Lipinski definition) is 3. The molecule has 0 saturated carbocycles. The van der Waals surface area contributed by atoms with Crippen LogP contribution >= 0.6 is 23.2 Å². The number of nitrogens with one attached hydrogen (secondary N) is 2. The summed E-state index contributed by atoms with van der Waals surface area (Å²) in [7, 11) is 0. The maximum atomic E-state index is 13.3. The molecular formula is C31H24Cl2N2O4. The van der Waals surface area contributed by atoms with Gasteiger partial charge in [-0.25, -0.2) is 4.79 Å². The van der Waals surface area contributed by atoms with Gasteiger partial charge in [0.15, 0.2) is 0 Å². The summed E-state index contributed by atoms with van der Waals surface area (Å²) < 4.78 is 0. The van der Waals surface area contributed by atoms with Crippen LogP contribution in [0.1, 0.15) is 27.0 Å². The summed E-state index contributed by atoms with van der Waals surface area (Å²) in [4.78, 5) is 38.0. The van der Waals surface area contributed by atoms with Gasteiger partial charge in [0.1, 0.15) is 6.04 Å². The van der Waals surface area contributed by atoms with Crippen LogP contribution in [0.2, 0.25) is 10.0 Å². The van der Waals surface area contributed by atoms with Crippen LogP contribution in [0.25, 0.3) is 11.6 Å². The summed E-state index contributed by atoms with van der Waals surface area (Å²) in [6, 6.07) is 28.7. The molecular weight excluding hydrogens is 535 g/mol. The number of carboxylic acid groups (broad SMARTS) is 1. The molecule has 0 aromatic heterocycles. The summed E-state index contributed by atoms with van der Waals surface area (Å²) in [6.45, 7) is 0. The Balaban J connectivity index is 1.48. The van der Waals surface area contributed by atoms with E-state index >= 15 is 0 Å². The Morgan fingerprint density at radius 3 is 1.95 bits per heavy atom. The Labute approximate surface area is 235 Å². The number of aliphatic carboxylic acids is 1. The average Bonchev–Trinajstić information content (AvgIpc) is 2.93. The zero-order chi connectivity index (χ0) is 27.8. The smallest absolute Gasteiger partial charge is 0.326 e. The SMILES string of the molecule is O=C(N[C@@H](Cc1ccc(NC(=O)c2c(Cl)cccc2Cl)cc1)C(=O)O)C(=Cc1ccccc1)c1ccccc1. The second kappa shape index (κ2) is 12.9. The van der Waals surface area contributed by atoms with Gasteiger partial charge >= 0.3 is 5.97 Å². The van der Waals surface area contributed by atoms with Gasteiger partial charge in [-0.1, -0.05) is 102 Å². The first-order valence-corrected chi connectivity index (χ1v) is 12.8. The second-order valence-electron chi connectivity index (χ2n) is 8.65. The Hall–Kier alpha value is -4.39. The number of carbonyl (C=O) groups is 3. The van der Waals surface area contributed by atoms with Crippen LogP contribution in [-0.4, -0.2) is 28.9 Å². The van der Waals surface area contributed by atoms with Crippen molar-refractivity contribution in [3.63, 3.8) is 0 Å². The first-order chi connectivity index (χ1) is 18.8. The summed E-state index contributed by atoms with van der Waals surface area (Å²) >= 11 is 12.2. The first-order valence-electron chi connectivity index (χ1n) is 12.0. The largest absolute Gasteiger partial charge is 0.480 e. The minimum absolute atomic E-state index is 0.0407. The van der Waals surface area contributed by atoms with Gasteiger partial charge in [-0.05, 0) is 47.0 Å². The van der Waals surface area contributed by atoms with Gasteiger partial charge in [0, 0.05) is 17.7 Å². The standard InChI is InChI=1S/C31H24Cl2N2O4/c32-25-12-7-13-26(33)28(25)30(37)34-23-16-14-21(15-17-23)19-27(31(38)39)35-29(36)24(22-10-5-2-6-11-22)18-20-8-3-1-4-9-20/h1-18,27H,19H2,(H,34,37)(H,35,36)(H,38,39)/t27-/m0/s1. The van der Waals surface area contributed by atoms with E-state index in [1.807, 2.05) is 48.5 Å². The van der Waals surface area contributed by atoms with Gasteiger partial charge in [-0.3, -0.25) is 9.59 Å². The summed E-state index contributed by atoms with van der Waals surface area (Å²) in [6.07, 6.45) is 1.77. The van der Waals surface area contributed by atoms with E-state index < -0.39 is 23.8 Å². The summed E-state index contributed by atoms with van der Waals surface area (Å²) in [5.74, 6) is -2.13.